The van der Waals surface area contributed by atoms with Gasteiger partial charge in [-0.3, -0.25) is 4.79 Å². The van der Waals surface area contributed by atoms with Gasteiger partial charge in [-0.15, -0.1) is 0 Å². The highest BCUT2D eigenvalue weighted by Crippen LogP contribution is 2.27. The summed E-state index contributed by atoms with van der Waals surface area (Å²) >= 11 is 0. The van der Waals surface area contributed by atoms with Crippen molar-refractivity contribution in [1.29, 1.82) is 0 Å². The minimum absolute atomic E-state index is 0.0380. The number of Topliss-reactive ketones (excluding diaryl/α,β-unsaturated/α-hetero) is 1. The molecule has 1 unspecified atom stereocenters. The fourth-order valence-corrected chi connectivity index (χ4v) is 4.19. The maximum absolute atomic E-state index is 12.5. The molecule has 0 spiro atoms. The zero-order chi connectivity index (χ0) is 22.5. The lowest BCUT2D eigenvalue weighted by Crippen LogP contribution is -2.39. The van der Waals surface area contributed by atoms with E-state index in [1.807, 2.05) is 18.2 Å². The van der Waals surface area contributed by atoms with E-state index in [-0.39, 0.29) is 18.3 Å². The van der Waals surface area contributed by atoms with E-state index in [4.69, 9.17) is 19.6 Å². The molecule has 32 heavy (non-hydrogen) atoms. The Balaban J connectivity index is 1.57. The summed E-state index contributed by atoms with van der Waals surface area (Å²) < 4.78 is 12.5. The molecule has 1 aliphatic heterocycles. The lowest BCUT2D eigenvalue weighted by atomic mass is 9.91. The molecule has 1 saturated heterocycles. The van der Waals surface area contributed by atoms with Gasteiger partial charge in [0.2, 0.25) is 0 Å². The van der Waals surface area contributed by atoms with E-state index in [0.717, 1.165) is 42.3 Å². The molecule has 1 N–H and O–H groups in total. The Labute approximate surface area is 187 Å². The van der Waals surface area contributed by atoms with Crippen LogP contribution in [0.25, 0.3) is 5.65 Å². The molecule has 1 fully saturated rings. The molecule has 0 amide bonds. The molecule has 170 valence electrons. The second-order valence-electron chi connectivity index (χ2n) is 8.02. The van der Waals surface area contributed by atoms with Crippen molar-refractivity contribution in [2.24, 2.45) is 5.92 Å². The fraction of sp³-hybridized carbons (Fsp3) is 0.478. The predicted molar refractivity (Wildman–Crippen MR) is 119 cm³/mol. The highest BCUT2D eigenvalue weighted by molar-refractivity contribution is 5.82. The molecule has 1 aliphatic rings. The number of methoxy groups -OCH3 is 2. The van der Waals surface area contributed by atoms with Gasteiger partial charge < -0.3 is 19.5 Å². The summed E-state index contributed by atoms with van der Waals surface area (Å²) in [6.45, 7) is 1.49. The van der Waals surface area contributed by atoms with Gasteiger partial charge in [-0.2, -0.15) is 5.10 Å². The zero-order valence-electron chi connectivity index (χ0n) is 18.5. The summed E-state index contributed by atoms with van der Waals surface area (Å²) in [5, 5.41) is 13.7. The highest BCUT2D eigenvalue weighted by Gasteiger charge is 2.27. The van der Waals surface area contributed by atoms with Crippen molar-refractivity contribution in [3.05, 3.63) is 42.0 Å². The Morgan fingerprint density at radius 1 is 1.22 bits per heavy atom. The number of aromatic nitrogens is 4. The summed E-state index contributed by atoms with van der Waals surface area (Å²) in [6.07, 6.45) is 6.76. The van der Waals surface area contributed by atoms with Crippen molar-refractivity contribution in [2.75, 3.05) is 38.8 Å². The van der Waals surface area contributed by atoms with Crippen LogP contribution >= 0.6 is 0 Å². The molecule has 0 aliphatic carbocycles. The number of hydrogen-bond acceptors (Lipinski definition) is 8. The Kier molecular flexibility index (Phi) is 6.84. The average molecular weight is 440 g/mol. The monoisotopic (exact) mass is 439 g/mol. The van der Waals surface area contributed by atoms with Gasteiger partial charge in [0, 0.05) is 56.9 Å². The summed E-state index contributed by atoms with van der Waals surface area (Å²) in [7, 11) is 3.25. The molecule has 1 atom stereocenters. The van der Waals surface area contributed by atoms with Gasteiger partial charge >= 0.3 is 0 Å². The van der Waals surface area contributed by atoms with Crippen LogP contribution in [-0.4, -0.2) is 64.4 Å². The third kappa shape index (κ3) is 4.83. The second kappa shape index (κ2) is 9.95. The number of ketones is 1. The van der Waals surface area contributed by atoms with Crippen molar-refractivity contribution in [1.82, 2.24) is 19.6 Å². The number of carbonyl (C=O) groups excluding carboxylic acids is 1. The third-order valence-corrected chi connectivity index (χ3v) is 5.81. The number of carbonyl (C=O) groups is 1. The van der Waals surface area contributed by atoms with Gasteiger partial charge in [-0.1, -0.05) is 0 Å². The molecule has 9 nitrogen and oxygen atoms in total. The van der Waals surface area contributed by atoms with Crippen LogP contribution < -0.4 is 14.4 Å². The topological polar surface area (TPSA) is 102 Å². The molecular formula is C23H29N5O4. The zero-order valence-corrected chi connectivity index (χ0v) is 18.5. The van der Waals surface area contributed by atoms with E-state index >= 15 is 0 Å². The summed E-state index contributed by atoms with van der Waals surface area (Å²) in [6, 6.07) is 5.72. The molecule has 3 heterocycles. The smallest absolute Gasteiger partial charge is 0.198 e. The van der Waals surface area contributed by atoms with E-state index in [1.54, 1.807) is 31.1 Å². The predicted octanol–water partition coefficient (Wildman–Crippen LogP) is 2.29. The molecule has 0 bridgehead atoms. The number of piperidine rings is 1. The van der Waals surface area contributed by atoms with E-state index in [2.05, 4.69) is 15.0 Å². The van der Waals surface area contributed by atoms with E-state index in [9.17, 15) is 4.79 Å². The van der Waals surface area contributed by atoms with Crippen molar-refractivity contribution < 1.29 is 19.4 Å². The van der Waals surface area contributed by atoms with Crippen LogP contribution in [0.1, 0.15) is 37.1 Å². The molecule has 2 aromatic heterocycles. The summed E-state index contributed by atoms with van der Waals surface area (Å²) in [5.41, 5.74) is 1.67. The first-order valence-electron chi connectivity index (χ1n) is 10.9. The number of aliphatic hydroxyl groups excluding tert-OH is 1. The van der Waals surface area contributed by atoms with Crippen molar-refractivity contribution in [3.8, 4) is 11.5 Å². The minimum Gasteiger partial charge on any atom is -0.497 e. The van der Waals surface area contributed by atoms with Crippen LogP contribution in [0.2, 0.25) is 0 Å². The molecular weight excluding hydrogens is 410 g/mol. The minimum atomic E-state index is -0.0380. The van der Waals surface area contributed by atoms with Gasteiger partial charge in [0.15, 0.2) is 17.3 Å². The maximum Gasteiger partial charge on any atom is 0.198 e. The Morgan fingerprint density at radius 2 is 2.00 bits per heavy atom. The molecule has 3 aromatic rings. The summed E-state index contributed by atoms with van der Waals surface area (Å²) in [5.74, 6) is 3.02. The molecule has 4 rings (SSSR count). The van der Waals surface area contributed by atoms with Crippen molar-refractivity contribution in [3.63, 3.8) is 0 Å². The van der Waals surface area contributed by atoms with Crippen LogP contribution in [0, 0.1) is 5.92 Å². The summed E-state index contributed by atoms with van der Waals surface area (Å²) in [4.78, 5) is 24.0. The maximum atomic E-state index is 12.5. The van der Waals surface area contributed by atoms with Crippen LogP contribution in [0.3, 0.4) is 0 Å². The van der Waals surface area contributed by atoms with Gasteiger partial charge in [0.25, 0.3) is 0 Å². The first-order chi connectivity index (χ1) is 15.6. The van der Waals surface area contributed by atoms with E-state index in [0.29, 0.717) is 37.3 Å². The number of aliphatic hydroxyl groups is 1. The molecule has 1 aromatic carbocycles. The standard InChI is InChI=1S/C23H29N5O4/c1-31-18-11-16(12-19(14-18)32-2)13-21-25-23-22(24-7-9-28(23)26-21)27-8-3-5-17(15-27)20(30)6-4-10-29/h7,9,11-12,14,17,29H,3-6,8,10,13,15H2,1-2H3. The van der Waals surface area contributed by atoms with Crippen LogP contribution in [0.5, 0.6) is 11.5 Å². The second-order valence-corrected chi connectivity index (χ2v) is 8.02. The first-order valence-corrected chi connectivity index (χ1v) is 10.9. The van der Waals surface area contributed by atoms with E-state index < -0.39 is 0 Å². The quantitative estimate of drug-likeness (QED) is 0.542. The van der Waals surface area contributed by atoms with Crippen LogP contribution in [0.15, 0.2) is 30.6 Å². The normalized spacial score (nSPS) is 16.3. The van der Waals surface area contributed by atoms with Gasteiger partial charge in [-0.05, 0) is 37.0 Å². The van der Waals surface area contributed by atoms with Gasteiger partial charge in [0.05, 0.1) is 14.2 Å². The first kappa shape index (κ1) is 22.0. The van der Waals surface area contributed by atoms with Crippen LogP contribution in [-0.2, 0) is 11.2 Å². The molecule has 0 radical (unpaired) electrons. The molecule has 0 saturated carbocycles. The van der Waals surface area contributed by atoms with Crippen LogP contribution in [0.4, 0.5) is 5.82 Å². The molecule has 9 heteroatoms. The largest absolute Gasteiger partial charge is 0.497 e. The number of rotatable bonds is 9. The van der Waals surface area contributed by atoms with Gasteiger partial charge in [-0.25, -0.2) is 14.5 Å². The lowest BCUT2D eigenvalue weighted by molar-refractivity contribution is -0.123. The number of nitrogens with zero attached hydrogens (tertiary/aromatic N) is 5. The van der Waals surface area contributed by atoms with Crippen molar-refractivity contribution in [2.45, 2.75) is 32.1 Å². The number of fused-ring (bicyclic) bond motifs is 1. The van der Waals surface area contributed by atoms with Crippen molar-refractivity contribution >= 4 is 17.2 Å². The number of hydrogen-bond donors (Lipinski definition) is 1. The highest BCUT2D eigenvalue weighted by atomic mass is 16.5. The SMILES string of the molecule is COc1cc(Cc2nc3c(N4CCCC(C(=O)CCCO)C4)nccn3n2)cc(OC)c1. The Morgan fingerprint density at radius 3 is 2.72 bits per heavy atom. The van der Waals surface area contributed by atoms with E-state index in [1.165, 1.54) is 0 Å². The number of ether oxygens (including phenoxy) is 2. The third-order valence-electron chi connectivity index (χ3n) is 5.81. The average Bonchev–Trinajstić information content (AvgIpc) is 3.24. The Hall–Kier alpha value is -3.20. The number of anilines is 1. The lowest BCUT2D eigenvalue weighted by Gasteiger charge is -2.32. The number of benzene rings is 1. The Bertz CT molecular complexity index is 1060. The fourth-order valence-electron chi connectivity index (χ4n) is 4.19. The van der Waals surface area contributed by atoms with Gasteiger partial charge in [0.1, 0.15) is 17.3 Å².